The number of piperazine rings is 1. The minimum Gasteiger partial charge on any atom is -0.341 e. The van der Waals surface area contributed by atoms with E-state index in [0.29, 0.717) is 30.3 Å². The summed E-state index contributed by atoms with van der Waals surface area (Å²) in [5.74, 6) is 1.65. The quantitative estimate of drug-likeness (QED) is 0.800. The van der Waals surface area contributed by atoms with E-state index >= 15 is 0 Å². The van der Waals surface area contributed by atoms with Crippen molar-refractivity contribution in [3.8, 4) is 0 Å². The molecule has 5 nitrogen and oxygen atoms in total. The molecule has 3 heterocycles. The summed E-state index contributed by atoms with van der Waals surface area (Å²) >= 11 is 0. The van der Waals surface area contributed by atoms with Gasteiger partial charge in [-0.05, 0) is 18.3 Å². The fourth-order valence-electron chi connectivity index (χ4n) is 4.11. The molecule has 0 aliphatic carbocycles. The molecule has 0 aromatic heterocycles. The first-order valence-electron chi connectivity index (χ1n) is 8.56. The van der Waals surface area contributed by atoms with Crippen molar-refractivity contribution in [2.24, 2.45) is 11.8 Å². The largest absolute Gasteiger partial charge is 0.341 e. The zero-order valence-corrected chi connectivity index (χ0v) is 13.6. The Bertz CT molecular complexity index is 353. The number of likely N-dealkylation sites (tertiary alicyclic amines) is 2. The van der Waals surface area contributed by atoms with Crippen molar-refractivity contribution in [2.45, 2.75) is 26.3 Å². The standard InChI is InChI=1S/C16H30N4O/c1-13-7-14(2)9-20(8-13)16(21)12-18-10-15(11-18)19-5-3-17-4-6-19/h13-15,17H,3-12H2,1-2H3. The summed E-state index contributed by atoms with van der Waals surface area (Å²) in [5.41, 5.74) is 0. The Morgan fingerprint density at radius 2 is 1.67 bits per heavy atom. The molecule has 3 fully saturated rings. The van der Waals surface area contributed by atoms with E-state index in [4.69, 9.17) is 0 Å². The Hall–Kier alpha value is -0.650. The lowest BCUT2D eigenvalue weighted by atomic mass is 9.92. The highest BCUT2D eigenvalue weighted by Gasteiger charge is 2.34. The van der Waals surface area contributed by atoms with Gasteiger partial charge in [-0.1, -0.05) is 13.8 Å². The van der Waals surface area contributed by atoms with Crippen LogP contribution in [-0.2, 0) is 4.79 Å². The Labute approximate surface area is 128 Å². The topological polar surface area (TPSA) is 38.8 Å². The summed E-state index contributed by atoms with van der Waals surface area (Å²) in [5, 5.41) is 3.40. The predicted molar refractivity (Wildman–Crippen MR) is 84.2 cm³/mol. The SMILES string of the molecule is CC1CC(C)CN(C(=O)CN2CC(N3CCNCC3)C2)C1. The molecule has 2 atom stereocenters. The van der Waals surface area contributed by atoms with Crippen molar-refractivity contribution in [2.75, 3.05) is 58.9 Å². The van der Waals surface area contributed by atoms with Crippen LogP contribution in [0.1, 0.15) is 20.3 Å². The summed E-state index contributed by atoms with van der Waals surface area (Å²) in [6.07, 6.45) is 1.26. The van der Waals surface area contributed by atoms with Crippen LogP contribution >= 0.6 is 0 Å². The molecule has 3 aliphatic rings. The molecular formula is C16H30N4O. The van der Waals surface area contributed by atoms with Crippen LogP contribution in [-0.4, -0.2) is 85.6 Å². The second-order valence-electron chi connectivity index (χ2n) is 7.38. The van der Waals surface area contributed by atoms with E-state index in [2.05, 4.69) is 33.9 Å². The van der Waals surface area contributed by atoms with E-state index in [-0.39, 0.29) is 0 Å². The van der Waals surface area contributed by atoms with E-state index in [1.54, 1.807) is 0 Å². The van der Waals surface area contributed by atoms with Gasteiger partial charge in [0.1, 0.15) is 0 Å². The van der Waals surface area contributed by atoms with E-state index in [1.807, 2.05) is 0 Å². The molecule has 0 aromatic rings. The van der Waals surface area contributed by atoms with E-state index in [0.717, 1.165) is 52.4 Å². The first-order valence-corrected chi connectivity index (χ1v) is 8.56. The van der Waals surface area contributed by atoms with Crippen LogP contribution in [0.4, 0.5) is 0 Å². The number of nitrogens with zero attached hydrogens (tertiary/aromatic N) is 3. The van der Waals surface area contributed by atoms with Gasteiger partial charge in [-0.15, -0.1) is 0 Å². The van der Waals surface area contributed by atoms with Crippen molar-refractivity contribution in [3.63, 3.8) is 0 Å². The molecule has 0 bridgehead atoms. The number of carbonyl (C=O) groups excluding carboxylic acids is 1. The molecule has 2 unspecified atom stereocenters. The number of amides is 1. The van der Waals surface area contributed by atoms with Crippen molar-refractivity contribution < 1.29 is 4.79 Å². The van der Waals surface area contributed by atoms with E-state index in [1.165, 1.54) is 6.42 Å². The second-order valence-corrected chi connectivity index (χ2v) is 7.38. The molecule has 3 rings (SSSR count). The van der Waals surface area contributed by atoms with E-state index in [9.17, 15) is 4.79 Å². The summed E-state index contributed by atoms with van der Waals surface area (Å²) in [4.78, 5) is 19.4. The highest BCUT2D eigenvalue weighted by Crippen LogP contribution is 2.22. The molecule has 5 heteroatoms. The lowest BCUT2D eigenvalue weighted by Gasteiger charge is -2.47. The van der Waals surface area contributed by atoms with Gasteiger partial charge in [-0.2, -0.15) is 0 Å². The predicted octanol–water partition coefficient (Wildman–Crippen LogP) is 0.0803. The highest BCUT2D eigenvalue weighted by molar-refractivity contribution is 5.78. The number of hydrogen-bond acceptors (Lipinski definition) is 4. The smallest absolute Gasteiger partial charge is 0.236 e. The van der Waals surface area contributed by atoms with Gasteiger partial charge < -0.3 is 10.2 Å². The molecule has 0 aromatic carbocycles. The first-order chi connectivity index (χ1) is 10.1. The number of nitrogens with one attached hydrogen (secondary N) is 1. The normalized spacial score (nSPS) is 33.0. The van der Waals surface area contributed by atoms with Gasteiger partial charge in [-0.25, -0.2) is 0 Å². The maximum atomic E-state index is 12.4. The highest BCUT2D eigenvalue weighted by atomic mass is 16.2. The molecule has 120 valence electrons. The van der Waals surface area contributed by atoms with E-state index < -0.39 is 0 Å². The van der Waals surface area contributed by atoms with Crippen molar-refractivity contribution in [1.29, 1.82) is 0 Å². The van der Waals surface area contributed by atoms with Gasteiger partial charge in [0, 0.05) is 58.4 Å². The van der Waals surface area contributed by atoms with Gasteiger partial charge in [0.15, 0.2) is 0 Å². The third-order valence-corrected chi connectivity index (χ3v) is 5.19. The van der Waals surface area contributed by atoms with Crippen LogP contribution in [0.15, 0.2) is 0 Å². The van der Waals surface area contributed by atoms with Crippen molar-refractivity contribution >= 4 is 5.91 Å². The summed E-state index contributed by atoms with van der Waals surface area (Å²) in [7, 11) is 0. The second kappa shape index (κ2) is 6.63. The van der Waals surface area contributed by atoms with Crippen LogP contribution in [0.2, 0.25) is 0 Å². The fraction of sp³-hybridized carbons (Fsp3) is 0.938. The van der Waals surface area contributed by atoms with Gasteiger partial charge in [0.2, 0.25) is 5.91 Å². The Morgan fingerprint density at radius 1 is 1.05 bits per heavy atom. The zero-order valence-electron chi connectivity index (χ0n) is 13.6. The molecule has 3 saturated heterocycles. The average Bonchev–Trinajstić information content (AvgIpc) is 2.42. The number of carbonyl (C=O) groups is 1. The molecule has 3 aliphatic heterocycles. The van der Waals surface area contributed by atoms with Crippen LogP contribution < -0.4 is 5.32 Å². The zero-order chi connectivity index (χ0) is 14.8. The Morgan fingerprint density at radius 3 is 2.29 bits per heavy atom. The molecular weight excluding hydrogens is 264 g/mol. The summed E-state index contributed by atoms with van der Waals surface area (Å²) in [6, 6.07) is 0.680. The van der Waals surface area contributed by atoms with Crippen LogP contribution in [0.25, 0.3) is 0 Å². The first kappa shape index (κ1) is 15.3. The van der Waals surface area contributed by atoms with Crippen molar-refractivity contribution in [3.05, 3.63) is 0 Å². The lowest BCUT2D eigenvalue weighted by molar-refractivity contribution is -0.137. The Balaban J connectivity index is 1.40. The summed E-state index contributed by atoms with van der Waals surface area (Å²) < 4.78 is 0. The van der Waals surface area contributed by atoms with Gasteiger partial charge >= 0.3 is 0 Å². The maximum Gasteiger partial charge on any atom is 0.236 e. The molecule has 1 amide bonds. The van der Waals surface area contributed by atoms with Gasteiger partial charge in [0.05, 0.1) is 6.54 Å². The Kier molecular flexibility index (Phi) is 4.82. The van der Waals surface area contributed by atoms with Crippen LogP contribution in [0.3, 0.4) is 0 Å². The molecule has 21 heavy (non-hydrogen) atoms. The number of rotatable bonds is 3. The van der Waals surface area contributed by atoms with Crippen LogP contribution in [0, 0.1) is 11.8 Å². The maximum absolute atomic E-state index is 12.4. The number of piperidine rings is 1. The van der Waals surface area contributed by atoms with Crippen LogP contribution in [0.5, 0.6) is 0 Å². The van der Waals surface area contributed by atoms with Crippen molar-refractivity contribution in [1.82, 2.24) is 20.0 Å². The lowest BCUT2D eigenvalue weighted by Crippen LogP contribution is -2.64. The number of hydrogen-bond donors (Lipinski definition) is 1. The average molecular weight is 294 g/mol. The molecule has 1 N–H and O–H groups in total. The third kappa shape index (κ3) is 3.76. The van der Waals surface area contributed by atoms with Gasteiger partial charge in [0.25, 0.3) is 0 Å². The molecule has 0 saturated carbocycles. The minimum absolute atomic E-state index is 0.340. The molecule has 0 radical (unpaired) electrons. The third-order valence-electron chi connectivity index (χ3n) is 5.19. The monoisotopic (exact) mass is 294 g/mol. The minimum atomic E-state index is 0.340. The molecule has 0 spiro atoms. The fourth-order valence-corrected chi connectivity index (χ4v) is 4.11. The summed E-state index contributed by atoms with van der Waals surface area (Å²) in [6.45, 7) is 13.8. The van der Waals surface area contributed by atoms with Gasteiger partial charge in [-0.3, -0.25) is 14.6 Å².